The molecular weight excluding hydrogens is 512 g/mol. The summed E-state index contributed by atoms with van der Waals surface area (Å²) in [6.45, 7) is 3.51. The zero-order valence-corrected chi connectivity index (χ0v) is 21.8. The van der Waals surface area contributed by atoms with Crippen LogP contribution in [-0.4, -0.2) is 39.9 Å². The van der Waals surface area contributed by atoms with Gasteiger partial charge in [0.25, 0.3) is 5.91 Å². The average molecular weight is 539 g/mol. The highest BCUT2D eigenvalue weighted by molar-refractivity contribution is 7.21. The van der Waals surface area contributed by atoms with Gasteiger partial charge in [0.05, 0.1) is 28.1 Å². The third kappa shape index (κ3) is 4.74. The van der Waals surface area contributed by atoms with Gasteiger partial charge in [0.2, 0.25) is 5.91 Å². The summed E-state index contributed by atoms with van der Waals surface area (Å²) < 4.78 is 0. The topological polar surface area (TPSA) is 116 Å². The molecule has 10 heteroatoms. The summed E-state index contributed by atoms with van der Waals surface area (Å²) in [5.74, 6) is -0.472. The highest BCUT2D eigenvalue weighted by Gasteiger charge is 2.34. The lowest BCUT2D eigenvalue weighted by Crippen LogP contribution is -2.45. The molecule has 196 valence electrons. The van der Waals surface area contributed by atoms with Gasteiger partial charge in [0.15, 0.2) is 0 Å². The highest BCUT2D eigenvalue weighted by Crippen LogP contribution is 2.46. The fourth-order valence-electron chi connectivity index (χ4n) is 5.29. The number of hydrogen-bond donors (Lipinski definition) is 3. The molecule has 1 aliphatic heterocycles. The monoisotopic (exact) mass is 538 g/mol. The van der Waals surface area contributed by atoms with E-state index in [1.54, 1.807) is 29.4 Å². The Bertz CT molecular complexity index is 1600. The summed E-state index contributed by atoms with van der Waals surface area (Å²) in [5.41, 5.74) is 3.48. The SMILES string of the molecule is C=CC(=O)N[C@H]1CCC[C@H](NC(=O)c2sc3nccc4c3c2NC(=O)N4c2ccnc(-c3ccccc3)c2)C1. The van der Waals surface area contributed by atoms with Crippen molar-refractivity contribution in [3.05, 3.63) is 78.5 Å². The first-order chi connectivity index (χ1) is 19.0. The van der Waals surface area contributed by atoms with E-state index in [-0.39, 0.29) is 29.9 Å². The standard InChI is InChI=1S/C29H26N6O3S/c1-2-23(36)32-18-9-6-10-19(15-18)33-27(37)26-25-24-22(12-14-31-28(24)39-26)35(29(38)34-25)20-11-13-30-21(16-20)17-7-4-3-5-8-17/h2-5,7-8,11-14,16,18-19H,1,6,9-10,15H2,(H,32,36)(H,33,37)(H,34,38)/t18-,19-/m0/s1. The van der Waals surface area contributed by atoms with E-state index >= 15 is 0 Å². The second kappa shape index (κ2) is 10.3. The molecule has 1 fully saturated rings. The second-order valence-electron chi connectivity index (χ2n) is 9.59. The minimum absolute atomic E-state index is 0.0158. The predicted molar refractivity (Wildman–Crippen MR) is 152 cm³/mol. The Balaban J connectivity index is 1.30. The van der Waals surface area contributed by atoms with Gasteiger partial charge in [-0.25, -0.2) is 9.78 Å². The molecule has 1 aromatic carbocycles. The number of hydrogen-bond acceptors (Lipinski definition) is 6. The first kappa shape index (κ1) is 24.7. The van der Waals surface area contributed by atoms with E-state index in [2.05, 4.69) is 32.5 Å². The molecule has 4 heterocycles. The van der Waals surface area contributed by atoms with Crippen LogP contribution in [0.5, 0.6) is 0 Å². The summed E-state index contributed by atoms with van der Waals surface area (Å²) in [6.07, 6.45) is 7.80. The lowest BCUT2D eigenvalue weighted by Gasteiger charge is -2.30. The molecule has 2 atom stereocenters. The van der Waals surface area contributed by atoms with Gasteiger partial charge < -0.3 is 16.0 Å². The Morgan fingerprint density at radius 3 is 2.62 bits per heavy atom. The van der Waals surface area contributed by atoms with Gasteiger partial charge in [0, 0.05) is 30.0 Å². The summed E-state index contributed by atoms with van der Waals surface area (Å²) in [7, 11) is 0. The lowest BCUT2D eigenvalue weighted by atomic mass is 9.91. The van der Waals surface area contributed by atoms with Crippen LogP contribution in [0, 0.1) is 0 Å². The van der Waals surface area contributed by atoms with Crippen LogP contribution in [0.3, 0.4) is 0 Å². The number of pyridine rings is 2. The maximum absolute atomic E-state index is 13.5. The van der Waals surface area contributed by atoms with Gasteiger partial charge in [0.1, 0.15) is 9.71 Å². The summed E-state index contributed by atoms with van der Waals surface area (Å²) in [5, 5.41) is 9.72. The van der Waals surface area contributed by atoms with Gasteiger partial charge in [-0.2, -0.15) is 0 Å². The van der Waals surface area contributed by atoms with Crippen LogP contribution in [-0.2, 0) is 4.79 Å². The zero-order chi connectivity index (χ0) is 26.9. The van der Waals surface area contributed by atoms with E-state index in [1.165, 1.54) is 17.4 Å². The number of benzene rings is 1. The molecule has 0 saturated heterocycles. The average Bonchev–Trinajstić information content (AvgIpc) is 3.33. The van der Waals surface area contributed by atoms with E-state index in [0.29, 0.717) is 33.2 Å². The minimum Gasteiger partial charge on any atom is -0.350 e. The van der Waals surface area contributed by atoms with Gasteiger partial charge in [-0.15, -0.1) is 11.3 Å². The third-order valence-corrected chi connectivity index (χ3v) is 8.16. The molecule has 9 nitrogen and oxygen atoms in total. The molecule has 3 aromatic heterocycles. The summed E-state index contributed by atoms with van der Waals surface area (Å²) in [4.78, 5) is 50.3. The molecule has 0 bridgehead atoms. The molecule has 4 amide bonds. The van der Waals surface area contributed by atoms with Crippen molar-refractivity contribution in [3.63, 3.8) is 0 Å². The molecule has 39 heavy (non-hydrogen) atoms. The number of nitrogens with one attached hydrogen (secondary N) is 3. The first-order valence-corrected chi connectivity index (χ1v) is 13.6. The molecule has 0 spiro atoms. The van der Waals surface area contributed by atoms with Crippen molar-refractivity contribution in [2.24, 2.45) is 0 Å². The van der Waals surface area contributed by atoms with Crippen LogP contribution in [0.4, 0.5) is 21.9 Å². The van der Waals surface area contributed by atoms with E-state index < -0.39 is 0 Å². The summed E-state index contributed by atoms with van der Waals surface area (Å²) >= 11 is 1.25. The first-order valence-electron chi connectivity index (χ1n) is 12.8. The fraction of sp³-hybridized carbons (Fsp3) is 0.207. The number of anilines is 3. The Kier molecular flexibility index (Phi) is 6.54. The molecule has 1 saturated carbocycles. The Labute approximate surface area is 229 Å². The Morgan fingerprint density at radius 1 is 1.05 bits per heavy atom. The largest absolute Gasteiger partial charge is 0.350 e. The van der Waals surface area contributed by atoms with Crippen LogP contribution in [0.2, 0.25) is 0 Å². The van der Waals surface area contributed by atoms with Crippen molar-refractivity contribution < 1.29 is 14.4 Å². The van der Waals surface area contributed by atoms with Crippen LogP contribution in [0.15, 0.2) is 73.6 Å². The Morgan fingerprint density at radius 2 is 1.82 bits per heavy atom. The quantitative estimate of drug-likeness (QED) is 0.285. The molecule has 0 unspecified atom stereocenters. The number of carbonyl (C=O) groups is 3. The Hall–Kier alpha value is -4.57. The maximum atomic E-state index is 13.5. The number of thiophene rings is 1. The molecule has 2 aliphatic rings. The smallest absolute Gasteiger partial charge is 0.331 e. The molecule has 6 rings (SSSR count). The third-order valence-electron chi connectivity index (χ3n) is 7.06. The van der Waals surface area contributed by atoms with Crippen LogP contribution in [0.25, 0.3) is 21.5 Å². The normalized spacial score (nSPS) is 18.4. The van der Waals surface area contributed by atoms with E-state index in [9.17, 15) is 14.4 Å². The van der Waals surface area contributed by atoms with E-state index in [1.807, 2.05) is 36.4 Å². The van der Waals surface area contributed by atoms with Crippen molar-refractivity contribution in [3.8, 4) is 11.3 Å². The van der Waals surface area contributed by atoms with E-state index in [4.69, 9.17) is 0 Å². The number of aromatic nitrogens is 2. The van der Waals surface area contributed by atoms with Crippen molar-refractivity contribution in [1.29, 1.82) is 0 Å². The van der Waals surface area contributed by atoms with Gasteiger partial charge in [-0.05, 0) is 50.0 Å². The number of carbonyl (C=O) groups excluding carboxylic acids is 3. The summed E-state index contributed by atoms with van der Waals surface area (Å²) in [6, 6.07) is 14.7. The lowest BCUT2D eigenvalue weighted by molar-refractivity contribution is -0.117. The molecule has 3 N–H and O–H groups in total. The minimum atomic E-state index is -0.363. The predicted octanol–water partition coefficient (Wildman–Crippen LogP) is 5.39. The number of amides is 4. The maximum Gasteiger partial charge on any atom is 0.331 e. The van der Waals surface area contributed by atoms with Crippen molar-refractivity contribution in [1.82, 2.24) is 20.6 Å². The van der Waals surface area contributed by atoms with Crippen LogP contribution in [0.1, 0.15) is 35.4 Å². The molecular formula is C29H26N6O3S. The van der Waals surface area contributed by atoms with Crippen molar-refractivity contribution in [2.45, 2.75) is 37.8 Å². The molecule has 1 aliphatic carbocycles. The van der Waals surface area contributed by atoms with Gasteiger partial charge in [-0.3, -0.25) is 19.5 Å². The zero-order valence-electron chi connectivity index (χ0n) is 21.0. The van der Waals surface area contributed by atoms with Gasteiger partial charge in [-0.1, -0.05) is 36.9 Å². The van der Waals surface area contributed by atoms with E-state index in [0.717, 1.165) is 35.9 Å². The highest BCUT2D eigenvalue weighted by atomic mass is 32.1. The number of urea groups is 1. The van der Waals surface area contributed by atoms with Crippen molar-refractivity contribution >= 4 is 56.5 Å². The van der Waals surface area contributed by atoms with Gasteiger partial charge >= 0.3 is 6.03 Å². The molecule has 4 aromatic rings. The molecule has 0 radical (unpaired) electrons. The fourth-order valence-corrected chi connectivity index (χ4v) is 6.31. The second-order valence-corrected chi connectivity index (χ2v) is 10.6. The van der Waals surface area contributed by atoms with Crippen LogP contribution < -0.4 is 20.9 Å². The van der Waals surface area contributed by atoms with Crippen LogP contribution >= 0.6 is 11.3 Å². The number of rotatable bonds is 6. The van der Waals surface area contributed by atoms with Crippen molar-refractivity contribution in [2.75, 3.05) is 10.2 Å². The number of nitrogens with zero attached hydrogens (tertiary/aromatic N) is 3.